The summed E-state index contributed by atoms with van der Waals surface area (Å²) in [5.41, 5.74) is 5.82. The van der Waals surface area contributed by atoms with E-state index < -0.39 is 0 Å². The van der Waals surface area contributed by atoms with Crippen molar-refractivity contribution < 1.29 is 0 Å². The van der Waals surface area contributed by atoms with E-state index in [0.717, 1.165) is 6.04 Å². The third-order valence-corrected chi connectivity index (χ3v) is 3.44. The Kier molecular flexibility index (Phi) is 5.04. The molecule has 3 N–H and O–H groups in total. The number of nitrogens with one attached hydrogen (secondary N) is 1. The van der Waals surface area contributed by atoms with E-state index in [2.05, 4.69) is 11.6 Å². The zero-order valence-electron chi connectivity index (χ0n) is 7.88. The van der Waals surface area contributed by atoms with E-state index in [0.29, 0.717) is 6.04 Å². The van der Waals surface area contributed by atoms with E-state index >= 15 is 0 Å². The normalized spacial score (nSPS) is 30.5. The molecular formula is C9H20N2S. The standard InChI is InChI=1S/C9H20N2S/c1-2-7-12-11-9-5-3-8(10)4-6-9/h8-9,11H,2-7,10H2,1H3/t8-,9+. The van der Waals surface area contributed by atoms with Crippen LogP contribution < -0.4 is 10.5 Å². The lowest BCUT2D eigenvalue weighted by Gasteiger charge is -2.26. The molecule has 0 radical (unpaired) electrons. The first-order valence-corrected chi connectivity index (χ1v) is 5.94. The van der Waals surface area contributed by atoms with E-state index in [1.54, 1.807) is 0 Å². The van der Waals surface area contributed by atoms with Gasteiger partial charge in [0.2, 0.25) is 0 Å². The largest absolute Gasteiger partial charge is 0.328 e. The van der Waals surface area contributed by atoms with Crippen LogP contribution in [0, 0.1) is 0 Å². The molecule has 2 nitrogen and oxygen atoms in total. The smallest absolute Gasteiger partial charge is 0.0173 e. The molecule has 12 heavy (non-hydrogen) atoms. The summed E-state index contributed by atoms with van der Waals surface area (Å²) in [7, 11) is 0. The molecule has 0 bridgehead atoms. The van der Waals surface area contributed by atoms with Gasteiger partial charge in [-0.1, -0.05) is 18.9 Å². The highest BCUT2D eigenvalue weighted by atomic mass is 32.2. The maximum Gasteiger partial charge on any atom is 0.0173 e. The number of hydrogen-bond donors (Lipinski definition) is 2. The molecule has 0 aliphatic heterocycles. The second kappa shape index (κ2) is 5.84. The minimum Gasteiger partial charge on any atom is -0.328 e. The second-order valence-corrected chi connectivity index (χ2v) is 4.51. The molecule has 0 aromatic heterocycles. The fourth-order valence-electron chi connectivity index (χ4n) is 1.52. The van der Waals surface area contributed by atoms with Gasteiger partial charge in [0.1, 0.15) is 0 Å². The monoisotopic (exact) mass is 188 g/mol. The molecule has 1 fully saturated rings. The minimum atomic E-state index is 0.472. The molecule has 3 heteroatoms. The molecule has 0 heterocycles. The highest BCUT2D eigenvalue weighted by Crippen LogP contribution is 2.18. The molecular weight excluding hydrogens is 168 g/mol. The van der Waals surface area contributed by atoms with E-state index in [4.69, 9.17) is 5.73 Å². The highest BCUT2D eigenvalue weighted by molar-refractivity contribution is 7.97. The molecule has 0 aromatic carbocycles. The summed E-state index contributed by atoms with van der Waals surface area (Å²) < 4.78 is 3.50. The zero-order valence-corrected chi connectivity index (χ0v) is 8.70. The Balaban J connectivity index is 2.01. The van der Waals surface area contributed by atoms with E-state index in [9.17, 15) is 0 Å². The summed E-state index contributed by atoms with van der Waals surface area (Å²) in [6.07, 6.45) is 6.17. The van der Waals surface area contributed by atoms with Crippen LogP contribution in [0.1, 0.15) is 39.0 Å². The fourth-order valence-corrected chi connectivity index (χ4v) is 2.31. The van der Waals surface area contributed by atoms with Gasteiger partial charge in [-0.3, -0.25) is 4.72 Å². The Morgan fingerprint density at radius 1 is 1.33 bits per heavy atom. The topological polar surface area (TPSA) is 38.0 Å². The molecule has 0 amide bonds. The zero-order chi connectivity index (χ0) is 8.81. The Morgan fingerprint density at radius 3 is 2.58 bits per heavy atom. The molecule has 0 unspecified atom stereocenters. The summed E-state index contributed by atoms with van der Waals surface area (Å²) in [6, 6.07) is 1.19. The van der Waals surface area contributed by atoms with Crippen LogP contribution in [0.25, 0.3) is 0 Å². The van der Waals surface area contributed by atoms with E-state index in [1.165, 1.54) is 37.9 Å². The van der Waals surface area contributed by atoms with Crippen molar-refractivity contribution in [2.45, 2.75) is 51.1 Å². The lowest BCUT2D eigenvalue weighted by atomic mass is 9.93. The maximum absolute atomic E-state index is 5.82. The van der Waals surface area contributed by atoms with Gasteiger partial charge in [-0.15, -0.1) is 0 Å². The van der Waals surface area contributed by atoms with Crippen LogP contribution in [-0.2, 0) is 0 Å². The van der Waals surface area contributed by atoms with E-state index in [1.807, 2.05) is 11.9 Å². The molecule has 1 saturated carbocycles. The van der Waals surface area contributed by atoms with Crippen molar-refractivity contribution in [3.05, 3.63) is 0 Å². The summed E-state index contributed by atoms with van der Waals surface area (Å²) >= 11 is 1.87. The molecule has 0 atom stereocenters. The van der Waals surface area contributed by atoms with Crippen molar-refractivity contribution in [3.63, 3.8) is 0 Å². The van der Waals surface area contributed by atoms with Crippen molar-refractivity contribution in [3.8, 4) is 0 Å². The predicted molar refractivity (Wildman–Crippen MR) is 56.1 cm³/mol. The lowest BCUT2D eigenvalue weighted by molar-refractivity contribution is 0.381. The second-order valence-electron chi connectivity index (χ2n) is 3.58. The number of rotatable bonds is 4. The van der Waals surface area contributed by atoms with Crippen LogP contribution in [-0.4, -0.2) is 17.8 Å². The van der Waals surface area contributed by atoms with Crippen molar-refractivity contribution in [2.75, 3.05) is 5.75 Å². The molecule has 1 aliphatic rings. The Bertz CT molecular complexity index is 111. The van der Waals surface area contributed by atoms with Crippen LogP contribution >= 0.6 is 11.9 Å². The first kappa shape index (κ1) is 10.4. The fraction of sp³-hybridized carbons (Fsp3) is 1.00. The van der Waals surface area contributed by atoms with Gasteiger partial charge in [-0.25, -0.2) is 0 Å². The minimum absolute atomic E-state index is 0.472. The Labute approximate surface area is 79.8 Å². The molecule has 72 valence electrons. The van der Waals surface area contributed by atoms with Crippen molar-refractivity contribution in [1.82, 2.24) is 4.72 Å². The van der Waals surface area contributed by atoms with Gasteiger partial charge in [0.15, 0.2) is 0 Å². The summed E-state index contributed by atoms with van der Waals surface area (Å²) in [6.45, 7) is 2.21. The van der Waals surface area contributed by atoms with Crippen LogP contribution in [0.2, 0.25) is 0 Å². The van der Waals surface area contributed by atoms with Crippen molar-refractivity contribution in [2.24, 2.45) is 5.73 Å². The van der Waals surface area contributed by atoms with Gasteiger partial charge in [0.05, 0.1) is 0 Å². The van der Waals surface area contributed by atoms with Gasteiger partial charge in [0.25, 0.3) is 0 Å². The third kappa shape index (κ3) is 3.78. The summed E-state index contributed by atoms with van der Waals surface area (Å²) in [4.78, 5) is 0. The maximum atomic E-state index is 5.82. The Hall–Kier alpha value is 0.270. The van der Waals surface area contributed by atoms with Gasteiger partial charge >= 0.3 is 0 Å². The SMILES string of the molecule is CCCSN[C@H]1CC[C@@H](N)CC1. The molecule has 1 rings (SSSR count). The first-order chi connectivity index (χ1) is 5.83. The van der Waals surface area contributed by atoms with Crippen LogP contribution in [0.15, 0.2) is 0 Å². The average molecular weight is 188 g/mol. The van der Waals surface area contributed by atoms with Crippen molar-refractivity contribution >= 4 is 11.9 Å². The van der Waals surface area contributed by atoms with Crippen LogP contribution in [0.4, 0.5) is 0 Å². The summed E-state index contributed by atoms with van der Waals surface area (Å²) in [5, 5.41) is 0. The molecule has 0 saturated heterocycles. The van der Waals surface area contributed by atoms with Crippen molar-refractivity contribution in [1.29, 1.82) is 0 Å². The Morgan fingerprint density at radius 2 is 2.00 bits per heavy atom. The first-order valence-electron chi connectivity index (χ1n) is 4.95. The number of nitrogens with two attached hydrogens (primary N) is 1. The van der Waals surface area contributed by atoms with Gasteiger partial charge in [-0.05, 0) is 32.1 Å². The predicted octanol–water partition coefficient (Wildman–Crippen LogP) is 1.90. The average Bonchev–Trinajstić information content (AvgIpc) is 2.09. The van der Waals surface area contributed by atoms with Crippen LogP contribution in [0.3, 0.4) is 0 Å². The lowest BCUT2D eigenvalue weighted by Crippen LogP contribution is -2.34. The van der Waals surface area contributed by atoms with Crippen LogP contribution in [0.5, 0.6) is 0 Å². The van der Waals surface area contributed by atoms with Gasteiger partial charge in [-0.2, -0.15) is 0 Å². The van der Waals surface area contributed by atoms with Gasteiger partial charge in [0, 0.05) is 17.8 Å². The van der Waals surface area contributed by atoms with Gasteiger partial charge < -0.3 is 5.73 Å². The molecule has 1 aliphatic carbocycles. The number of hydrogen-bond acceptors (Lipinski definition) is 3. The highest BCUT2D eigenvalue weighted by Gasteiger charge is 2.17. The van der Waals surface area contributed by atoms with E-state index in [-0.39, 0.29) is 0 Å². The summed E-state index contributed by atoms with van der Waals surface area (Å²) in [5.74, 6) is 1.22. The third-order valence-electron chi connectivity index (χ3n) is 2.33. The molecule has 0 spiro atoms. The molecule has 0 aromatic rings. The quantitative estimate of drug-likeness (QED) is 0.523.